The summed E-state index contributed by atoms with van der Waals surface area (Å²) in [5.74, 6) is -6.05. The van der Waals surface area contributed by atoms with Crippen molar-refractivity contribution in [3.05, 3.63) is 39.3 Å². The van der Waals surface area contributed by atoms with Crippen molar-refractivity contribution in [3.63, 3.8) is 0 Å². The summed E-state index contributed by atoms with van der Waals surface area (Å²) in [5, 5.41) is 24.6. The molecule has 0 aliphatic carbocycles. The van der Waals surface area contributed by atoms with Crippen LogP contribution in [0.2, 0.25) is 0 Å². The molecule has 0 bridgehead atoms. The zero-order valence-electron chi connectivity index (χ0n) is 16.3. The van der Waals surface area contributed by atoms with Gasteiger partial charge in [0.25, 0.3) is 31.7 Å². The molecule has 33 heavy (non-hydrogen) atoms. The third kappa shape index (κ3) is 6.68. The Hall–Kier alpha value is -3.61. The number of carboxylic acids is 2. The number of aromatic nitrogens is 2. The number of aryl methyl sites for hydroxylation is 1. The number of carbonyl (C=O) groups excluding carboxylic acids is 1. The Labute approximate surface area is 184 Å². The highest BCUT2D eigenvalue weighted by atomic mass is 32.2. The summed E-state index contributed by atoms with van der Waals surface area (Å²) in [6.45, 7) is -1.24. The van der Waals surface area contributed by atoms with Gasteiger partial charge in [0.15, 0.2) is 11.4 Å². The molecule has 0 saturated heterocycles. The zero-order chi connectivity index (χ0) is 25.1. The van der Waals surface area contributed by atoms with Crippen molar-refractivity contribution in [1.82, 2.24) is 14.8 Å². The monoisotopic (exact) mass is 508 g/mol. The summed E-state index contributed by atoms with van der Waals surface area (Å²) in [7, 11) is -8.92. The maximum absolute atomic E-state index is 12.4. The molecule has 0 radical (unpaired) electrons. The van der Waals surface area contributed by atoms with Gasteiger partial charge in [0, 0.05) is 0 Å². The third-order valence-corrected chi connectivity index (χ3v) is 5.41. The number of allylic oxidation sites excluding steroid dienone is 2. The molecule has 2 rings (SSSR count). The van der Waals surface area contributed by atoms with E-state index in [1.807, 2.05) is 0 Å². The highest BCUT2D eigenvalue weighted by Gasteiger charge is 2.34. The molecule has 16 nitrogen and oxygen atoms in total. The maximum atomic E-state index is 12.4. The molecule has 0 saturated carbocycles. The number of aliphatic carboxylic acids is 1. The Morgan fingerprint density at radius 2 is 1.55 bits per heavy atom. The van der Waals surface area contributed by atoms with Gasteiger partial charge >= 0.3 is 11.9 Å². The maximum Gasteiger partial charge on any atom is 0.357 e. The van der Waals surface area contributed by atoms with E-state index >= 15 is 0 Å². The third-order valence-electron chi connectivity index (χ3n) is 4.01. The fraction of sp³-hybridized carbons (Fsp3) is 0.267. The van der Waals surface area contributed by atoms with Gasteiger partial charge in [-0.15, -0.1) is 0 Å². The van der Waals surface area contributed by atoms with Gasteiger partial charge in [-0.2, -0.15) is 21.9 Å². The predicted octanol–water partition coefficient (Wildman–Crippen LogP) is -2.13. The summed E-state index contributed by atoms with van der Waals surface area (Å²) >= 11 is 0. The van der Waals surface area contributed by atoms with E-state index in [9.17, 15) is 46.2 Å². The van der Waals surface area contributed by atoms with Crippen LogP contribution in [0.3, 0.4) is 0 Å². The summed E-state index contributed by atoms with van der Waals surface area (Å²) in [5.41, 5.74) is -3.39. The number of H-pyrrole nitrogens is 1. The van der Waals surface area contributed by atoms with Gasteiger partial charge in [-0.05, 0) is 12.2 Å². The van der Waals surface area contributed by atoms with Gasteiger partial charge in [-0.25, -0.2) is 14.6 Å². The van der Waals surface area contributed by atoms with Gasteiger partial charge in [-0.3, -0.25) is 28.5 Å². The first-order valence-electron chi connectivity index (χ1n) is 8.59. The zero-order valence-corrected chi connectivity index (χ0v) is 17.9. The molecule has 0 fully saturated rings. The van der Waals surface area contributed by atoms with Crippen LogP contribution in [0.5, 0.6) is 0 Å². The number of carbonyl (C=O) groups is 3. The molecule has 0 spiro atoms. The standard InChI is InChI=1S/C15H16N4O12S2/c20-12-8(10(14(22)23)16-18(12)4-6-32(26,27)28)2-1-3-9-11(15(24)25)17-19(13(9)21)5-7-33(29,30)31/h1-3,16H,4-7H2,(H,22,23)(H,24,25)(H,26,27,28)(H,29,30,31). The Kier molecular flexibility index (Phi) is 7.37. The van der Waals surface area contributed by atoms with Crippen molar-refractivity contribution < 1.29 is 50.5 Å². The minimum atomic E-state index is -4.47. The number of hydrogen-bond acceptors (Lipinski definition) is 9. The number of amides is 1. The van der Waals surface area contributed by atoms with Gasteiger partial charge in [0.2, 0.25) is 0 Å². The van der Waals surface area contributed by atoms with Crippen LogP contribution in [-0.2, 0) is 36.4 Å². The van der Waals surface area contributed by atoms with Gasteiger partial charge in [0.05, 0.1) is 35.7 Å². The second-order valence-corrected chi connectivity index (χ2v) is 9.50. The first-order valence-corrected chi connectivity index (χ1v) is 11.8. The number of hydrazone groups is 1. The van der Waals surface area contributed by atoms with E-state index < -0.39 is 90.8 Å². The lowest BCUT2D eigenvalue weighted by molar-refractivity contribution is -0.129. The Balaban J connectivity index is 2.37. The van der Waals surface area contributed by atoms with Crippen molar-refractivity contribution in [2.75, 3.05) is 18.1 Å². The lowest BCUT2D eigenvalue weighted by atomic mass is 10.1. The van der Waals surface area contributed by atoms with Crippen LogP contribution in [0.25, 0.3) is 6.08 Å². The number of aromatic carboxylic acids is 1. The lowest BCUT2D eigenvalue weighted by Gasteiger charge is -2.09. The highest BCUT2D eigenvalue weighted by molar-refractivity contribution is 7.86. The number of aromatic amines is 1. The first kappa shape index (κ1) is 25.6. The number of nitrogens with one attached hydrogen (secondary N) is 1. The van der Waals surface area contributed by atoms with E-state index in [2.05, 4.69) is 10.2 Å². The molecule has 1 aromatic rings. The topological polar surface area (TPSA) is 254 Å². The number of carboxylic acid groups (broad SMARTS) is 2. The van der Waals surface area contributed by atoms with E-state index in [0.717, 1.165) is 18.2 Å². The SMILES string of the molecule is O=C(O)C1=NN(CCS(=O)(=O)O)C(=O)C1=CC=Cc1c(C(=O)O)[nH]n(CCS(=O)(=O)O)c1=O. The van der Waals surface area contributed by atoms with Crippen LogP contribution < -0.4 is 5.56 Å². The fourth-order valence-electron chi connectivity index (χ4n) is 2.54. The minimum Gasteiger partial charge on any atom is -0.477 e. The van der Waals surface area contributed by atoms with Crippen LogP contribution in [0.4, 0.5) is 0 Å². The Morgan fingerprint density at radius 3 is 2.06 bits per heavy atom. The van der Waals surface area contributed by atoms with Gasteiger partial charge in [-0.1, -0.05) is 6.08 Å². The van der Waals surface area contributed by atoms with Crippen molar-refractivity contribution in [2.45, 2.75) is 6.54 Å². The summed E-state index contributed by atoms with van der Waals surface area (Å²) in [6, 6.07) is 0. The van der Waals surface area contributed by atoms with E-state index in [1.165, 1.54) is 0 Å². The van der Waals surface area contributed by atoms with Gasteiger partial charge in [0.1, 0.15) is 0 Å². The molecule has 2 heterocycles. The van der Waals surface area contributed by atoms with Crippen LogP contribution in [0.15, 0.2) is 27.6 Å². The summed E-state index contributed by atoms with van der Waals surface area (Å²) in [6.07, 6.45) is 2.76. The van der Waals surface area contributed by atoms with Crippen molar-refractivity contribution in [1.29, 1.82) is 0 Å². The minimum absolute atomic E-state index is 0.475. The molecule has 1 aliphatic heterocycles. The largest absolute Gasteiger partial charge is 0.477 e. The molecule has 0 aromatic carbocycles. The lowest BCUT2D eigenvalue weighted by Crippen LogP contribution is -2.28. The highest BCUT2D eigenvalue weighted by Crippen LogP contribution is 2.16. The molecular weight excluding hydrogens is 492 g/mol. The Bertz CT molecular complexity index is 1360. The number of hydrogen-bond donors (Lipinski definition) is 5. The molecule has 5 N–H and O–H groups in total. The smallest absolute Gasteiger partial charge is 0.357 e. The first-order chi connectivity index (χ1) is 15.1. The molecule has 18 heteroatoms. The average Bonchev–Trinajstić information content (AvgIpc) is 3.15. The normalized spacial score (nSPS) is 16.1. The van der Waals surface area contributed by atoms with E-state index in [0.29, 0.717) is 9.69 Å². The Morgan fingerprint density at radius 1 is 0.970 bits per heavy atom. The summed E-state index contributed by atoms with van der Waals surface area (Å²) < 4.78 is 61.5. The van der Waals surface area contributed by atoms with Crippen LogP contribution in [0.1, 0.15) is 16.1 Å². The molecule has 1 aliphatic rings. The second-order valence-electron chi connectivity index (χ2n) is 6.36. The molecule has 180 valence electrons. The van der Waals surface area contributed by atoms with E-state index in [-0.39, 0.29) is 0 Å². The van der Waals surface area contributed by atoms with E-state index in [1.54, 1.807) is 0 Å². The summed E-state index contributed by atoms with van der Waals surface area (Å²) in [4.78, 5) is 47.4. The molecule has 0 unspecified atom stereocenters. The average molecular weight is 508 g/mol. The van der Waals surface area contributed by atoms with Crippen molar-refractivity contribution in [2.24, 2.45) is 5.10 Å². The van der Waals surface area contributed by atoms with Crippen LogP contribution >= 0.6 is 0 Å². The molecule has 1 aromatic heterocycles. The van der Waals surface area contributed by atoms with E-state index in [4.69, 9.17) is 9.11 Å². The van der Waals surface area contributed by atoms with Crippen molar-refractivity contribution in [3.8, 4) is 0 Å². The molecule has 1 amide bonds. The number of nitrogens with zero attached hydrogens (tertiary/aromatic N) is 3. The second kappa shape index (κ2) is 9.48. The molecular formula is C15H16N4O12S2. The van der Waals surface area contributed by atoms with Crippen LogP contribution in [-0.4, -0.2) is 92.6 Å². The van der Waals surface area contributed by atoms with Gasteiger partial charge < -0.3 is 10.2 Å². The fourth-order valence-corrected chi connectivity index (χ4v) is 3.36. The molecule has 0 atom stereocenters. The van der Waals surface area contributed by atoms with Crippen LogP contribution in [0, 0.1) is 0 Å². The predicted molar refractivity (Wildman–Crippen MR) is 109 cm³/mol. The quantitative estimate of drug-likeness (QED) is 0.168. The van der Waals surface area contributed by atoms with Crippen molar-refractivity contribution >= 4 is 49.9 Å². The number of rotatable bonds is 10.